The van der Waals surface area contributed by atoms with Gasteiger partial charge in [-0.3, -0.25) is 4.79 Å². The third-order valence-corrected chi connectivity index (χ3v) is 5.45. The molecule has 72 valence electrons. The Balaban J connectivity index is 3.89. The Morgan fingerprint density at radius 3 is 2.17 bits per heavy atom. The molecule has 12 heavy (non-hydrogen) atoms. The zero-order valence-corrected chi connectivity index (χ0v) is 8.89. The lowest BCUT2D eigenvalue weighted by molar-refractivity contribution is -0.140. The van der Waals surface area contributed by atoms with E-state index in [0.29, 0.717) is 18.5 Å². The van der Waals surface area contributed by atoms with Crippen LogP contribution in [0.5, 0.6) is 0 Å². The summed E-state index contributed by atoms with van der Waals surface area (Å²) < 4.78 is 16.2. The molecule has 3 nitrogen and oxygen atoms in total. The number of carbonyl (C=O) groups is 1. The normalized spacial score (nSPS) is 11.2. The van der Waals surface area contributed by atoms with Crippen LogP contribution in [0.2, 0.25) is 0 Å². The van der Waals surface area contributed by atoms with Gasteiger partial charge in [0.1, 0.15) is 0 Å². The molecule has 0 amide bonds. The van der Waals surface area contributed by atoms with Crippen LogP contribution in [0.3, 0.4) is 0 Å². The molecule has 0 rings (SSSR count). The van der Waals surface area contributed by atoms with E-state index in [1.54, 1.807) is 0 Å². The molecule has 0 saturated carbocycles. The Labute approximate surface area is 73.9 Å². The van der Waals surface area contributed by atoms with Crippen molar-refractivity contribution in [3.8, 4) is 0 Å². The van der Waals surface area contributed by atoms with Crippen LogP contribution in [-0.4, -0.2) is 31.6 Å². The van der Waals surface area contributed by atoms with Crippen molar-refractivity contribution in [3.63, 3.8) is 0 Å². The van der Waals surface area contributed by atoms with Gasteiger partial charge in [-0.2, -0.15) is 0 Å². The average Bonchev–Trinajstić information content (AvgIpc) is 2.13. The molecule has 0 saturated heterocycles. The van der Waals surface area contributed by atoms with Crippen LogP contribution in [0, 0.1) is 0 Å². The Morgan fingerprint density at radius 1 is 1.33 bits per heavy atom. The summed E-state index contributed by atoms with van der Waals surface area (Å²) in [6.07, 6.45) is 2.14. The number of esters is 1. The van der Waals surface area contributed by atoms with E-state index in [9.17, 15) is 9.36 Å². The van der Waals surface area contributed by atoms with Gasteiger partial charge in [-0.15, -0.1) is 0 Å². The Hall–Kier alpha value is -0.300. The third kappa shape index (κ3) is 3.91. The van der Waals surface area contributed by atoms with Crippen LogP contribution >= 0.6 is 7.14 Å². The molecule has 0 aromatic rings. The molecule has 0 unspecified atom stereocenters. The minimum atomic E-state index is -2.05. The van der Waals surface area contributed by atoms with Gasteiger partial charge in [0.2, 0.25) is 0 Å². The highest BCUT2D eigenvalue weighted by Gasteiger charge is 2.18. The highest BCUT2D eigenvalue weighted by Crippen LogP contribution is 2.44. The van der Waals surface area contributed by atoms with E-state index in [2.05, 4.69) is 4.74 Å². The summed E-state index contributed by atoms with van der Waals surface area (Å²) in [5, 5.41) is 0. The van der Waals surface area contributed by atoms with Crippen LogP contribution in [0.4, 0.5) is 0 Å². The zero-order chi connectivity index (χ0) is 9.61. The highest BCUT2D eigenvalue weighted by molar-refractivity contribution is 7.63. The molecule has 4 heteroatoms. The molecule has 0 fully saturated rings. The van der Waals surface area contributed by atoms with Crippen molar-refractivity contribution in [3.05, 3.63) is 0 Å². The first kappa shape index (κ1) is 11.7. The second-order valence-electron chi connectivity index (χ2n) is 2.74. The maximum Gasteiger partial charge on any atom is 0.305 e. The molecule has 0 N–H and O–H groups in total. The van der Waals surface area contributed by atoms with Crippen molar-refractivity contribution in [2.45, 2.75) is 20.3 Å². The molecule has 0 aromatic heterocycles. The van der Waals surface area contributed by atoms with Crippen molar-refractivity contribution in [1.82, 2.24) is 0 Å². The molecule has 0 aliphatic rings. The van der Waals surface area contributed by atoms with Gasteiger partial charge in [-0.05, 0) is 12.3 Å². The van der Waals surface area contributed by atoms with E-state index < -0.39 is 7.14 Å². The first-order valence-corrected chi connectivity index (χ1v) is 6.48. The second-order valence-corrected chi connectivity index (χ2v) is 6.57. The summed E-state index contributed by atoms with van der Waals surface area (Å²) in [7, 11) is -0.697. The lowest BCUT2D eigenvalue weighted by Crippen LogP contribution is -2.05. The number of hydrogen-bond donors (Lipinski definition) is 0. The lowest BCUT2D eigenvalue weighted by atomic mass is 10.5. The molecule has 0 atom stereocenters. The molecule has 0 heterocycles. The van der Waals surface area contributed by atoms with Gasteiger partial charge >= 0.3 is 5.97 Å². The topological polar surface area (TPSA) is 43.4 Å². The van der Waals surface area contributed by atoms with Crippen molar-refractivity contribution < 1.29 is 14.1 Å². The fourth-order valence-electron chi connectivity index (χ4n) is 0.937. The van der Waals surface area contributed by atoms with Gasteiger partial charge in [0.25, 0.3) is 0 Å². The van der Waals surface area contributed by atoms with Gasteiger partial charge in [0.15, 0.2) is 0 Å². The maximum atomic E-state index is 11.8. The first-order chi connectivity index (χ1) is 5.58. The standard InChI is InChI=1S/C8H17O3P/c1-4-12(10,5-2)7-6-8(9)11-3/h4-7H2,1-3H3. The quantitative estimate of drug-likeness (QED) is 0.494. The fraction of sp³-hybridized carbons (Fsp3) is 0.875. The first-order valence-electron chi connectivity index (χ1n) is 4.22. The molecule has 0 bridgehead atoms. The van der Waals surface area contributed by atoms with Crippen LogP contribution in [0.1, 0.15) is 20.3 Å². The number of rotatable bonds is 5. The highest BCUT2D eigenvalue weighted by atomic mass is 31.2. The van der Waals surface area contributed by atoms with E-state index in [0.717, 1.165) is 0 Å². The van der Waals surface area contributed by atoms with Crippen molar-refractivity contribution >= 4 is 13.1 Å². The fourth-order valence-corrected chi connectivity index (χ4v) is 2.61. The summed E-state index contributed by atoms with van der Waals surface area (Å²) in [6, 6.07) is 0. The predicted molar refractivity (Wildman–Crippen MR) is 50.2 cm³/mol. The summed E-state index contributed by atoms with van der Waals surface area (Å²) in [4.78, 5) is 10.7. The molecular weight excluding hydrogens is 175 g/mol. The average molecular weight is 192 g/mol. The second kappa shape index (κ2) is 5.36. The Morgan fingerprint density at radius 2 is 1.83 bits per heavy atom. The molecule has 0 aliphatic heterocycles. The van der Waals surface area contributed by atoms with E-state index >= 15 is 0 Å². The van der Waals surface area contributed by atoms with Crippen LogP contribution < -0.4 is 0 Å². The van der Waals surface area contributed by atoms with Gasteiger partial charge in [-0.25, -0.2) is 0 Å². The van der Waals surface area contributed by atoms with Gasteiger partial charge in [0, 0.05) is 6.16 Å². The van der Waals surface area contributed by atoms with Crippen molar-refractivity contribution in [2.24, 2.45) is 0 Å². The van der Waals surface area contributed by atoms with E-state index in [-0.39, 0.29) is 12.4 Å². The number of ether oxygens (including phenoxy) is 1. The van der Waals surface area contributed by atoms with E-state index in [1.165, 1.54) is 7.11 Å². The largest absolute Gasteiger partial charge is 0.469 e. The molecule has 0 radical (unpaired) electrons. The van der Waals surface area contributed by atoms with E-state index in [4.69, 9.17) is 0 Å². The van der Waals surface area contributed by atoms with Crippen LogP contribution in [0.25, 0.3) is 0 Å². The Kier molecular flexibility index (Phi) is 5.23. The monoisotopic (exact) mass is 192 g/mol. The van der Waals surface area contributed by atoms with Crippen molar-refractivity contribution in [2.75, 3.05) is 25.6 Å². The number of hydrogen-bond acceptors (Lipinski definition) is 3. The summed E-state index contributed by atoms with van der Waals surface area (Å²) in [6.45, 7) is 3.81. The summed E-state index contributed by atoms with van der Waals surface area (Å²) >= 11 is 0. The number of carbonyl (C=O) groups excluding carboxylic acids is 1. The van der Waals surface area contributed by atoms with E-state index in [1.807, 2.05) is 13.8 Å². The molecule has 0 aliphatic carbocycles. The van der Waals surface area contributed by atoms with Crippen LogP contribution in [-0.2, 0) is 14.1 Å². The minimum Gasteiger partial charge on any atom is -0.469 e. The van der Waals surface area contributed by atoms with Crippen molar-refractivity contribution in [1.29, 1.82) is 0 Å². The SMILES string of the molecule is CCP(=O)(CC)CCC(=O)OC. The van der Waals surface area contributed by atoms with Gasteiger partial charge in [-0.1, -0.05) is 13.8 Å². The van der Waals surface area contributed by atoms with Crippen LogP contribution in [0.15, 0.2) is 0 Å². The Bertz CT molecular complexity index is 181. The maximum absolute atomic E-state index is 11.8. The summed E-state index contributed by atoms with van der Waals surface area (Å²) in [5.74, 6) is -0.267. The third-order valence-electron chi connectivity index (χ3n) is 2.10. The van der Waals surface area contributed by atoms with Gasteiger partial charge in [0.05, 0.1) is 20.7 Å². The van der Waals surface area contributed by atoms with Gasteiger partial charge < -0.3 is 9.30 Å². The number of methoxy groups -OCH3 is 1. The lowest BCUT2D eigenvalue weighted by Gasteiger charge is -2.12. The summed E-state index contributed by atoms with van der Waals surface area (Å²) in [5.41, 5.74) is 0. The molecule has 0 spiro atoms. The smallest absolute Gasteiger partial charge is 0.305 e. The molecule has 0 aromatic carbocycles. The zero-order valence-electron chi connectivity index (χ0n) is 8.00. The predicted octanol–water partition coefficient (Wildman–Crippen LogP) is 1.95. The molecular formula is C8H17O3P. The minimum absolute atomic E-state index is 0.267.